The number of methoxy groups -OCH3 is 1. The second-order valence-electron chi connectivity index (χ2n) is 6.12. The van der Waals surface area contributed by atoms with Gasteiger partial charge in [0.2, 0.25) is 0 Å². The van der Waals surface area contributed by atoms with Gasteiger partial charge in [0.1, 0.15) is 5.75 Å². The second kappa shape index (κ2) is 8.53. The van der Waals surface area contributed by atoms with E-state index in [0.29, 0.717) is 11.9 Å². The Morgan fingerprint density at radius 1 is 1.08 bits per heavy atom. The Balaban J connectivity index is 1.48. The van der Waals surface area contributed by atoms with Crippen LogP contribution in [-0.4, -0.2) is 38.8 Å². The number of hydrogen-bond acceptors (Lipinski definition) is 4. The van der Waals surface area contributed by atoms with Crippen LogP contribution in [0.1, 0.15) is 12.8 Å². The maximum atomic E-state index is 12.0. The minimum absolute atomic E-state index is 0.00367. The van der Waals surface area contributed by atoms with Gasteiger partial charge in [0, 0.05) is 31.6 Å². The Labute approximate surface area is 148 Å². The zero-order valence-corrected chi connectivity index (χ0v) is 14.5. The average Bonchev–Trinajstić information content (AvgIpc) is 2.68. The van der Waals surface area contributed by atoms with E-state index in [2.05, 4.69) is 10.2 Å². The summed E-state index contributed by atoms with van der Waals surface area (Å²) < 4.78 is 10.9. The fourth-order valence-electron chi connectivity index (χ4n) is 2.97. The predicted octanol–water partition coefficient (Wildman–Crippen LogP) is 3.32. The van der Waals surface area contributed by atoms with Gasteiger partial charge in [0.05, 0.1) is 6.10 Å². The number of para-hydroxylation sites is 1. The fraction of sp³-hybridized carbons (Fsp3) is 0.350. The number of nitrogens with one attached hydrogen (secondary N) is 1. The van der Waals surface area contributed by atoms with Gasteiger partial charge in [-0.1, -0.05) is 18.2 Å². The van der Waals surface area contributed by atoms with Gasteiger partial charge in [0.25, 0.3) is 5.91 Å². The monoisotopic (exact) mass is 340 g/mol. The van der Waals surface area contributed by atoms with Gasteiger partial charge in [0.15, 0.2) is 6.61 Å². The van der Waals surface area contributed by atoms with Gasteiger partial charge < -0.3 is 19.7 Å². The number of rotatable bonds is 6. The molecule has 1 N–H and O–H groups in total. The van der Waals surface area contributed by atoms with Crippen molar-refractivity contribution >= 4 is 17.3 Å². The van der Waals surface area contributed by atoms with Crippen molar-refractivity contribution in [3.05, 3.63) is 54.6 Å². The predicted molar refractivity (Wildman–Crippen MR) is 99.3 cm³/mol. The highest BCUT2D eigenvalue weighted by atomic mass is 16.5. The first kappa shape index (κ1) is 17.3. The van der Waals surface area contributed by atoms with Crippen LogP contribution in [0.5, 0.6) is 5.75 Å². The summed E-state index contributed by atoms with van der Waals surface area (Å²) in [6.45, 7) is 1.99. The van der Waals surface area contributed by atoms with Crippen molar-refractivity contribution in [1.29, 1.82) is 0 Å². The molecule has 1 heterocycles. The Kier molecular flexibility index (Phi) is 5.90. The fourth-order valence-corrected chi connectivity index (χ4v) is 2.97. The van der Waals surface area contributed by atoms with Gasteiger partial charge in [-0.2, -0.15) is 0 Å². The van der Waals surface area contributed by atoms with Gasteiger partial charge >= 0.3 is 0 Å². The summed E-state index contributed by atoms with van der Waals surface area (Å²) in [5.74, 6) is 0.518. The molecule has 0 atom stereocenters. The molecule has 0 bridgehead atoms. The van der Waals surface area contributed by atoms with Crippen molar-refractivity contribution in [2.45, 2.75) is 18.9 Å². The molecule has 5 heteroatoms. The first-order chi connectivity index (χ1) is 12.2. The second-order valence-corrected chi connectivity index (χ2v) is 6.12. The van der Waals surface area contributed by atoms with E-state index in [1.54, 1.807) is 7.11 Å². The van der Waals surface area contributed by atoms with E-state index in [-0.39, 0.29) is 12.5 Å². The van der Waals surface area contributed by atoms with E-state index in [0.717, 1.165) is 31.6 Å². The normalized spacial score (nSPS) is 15.0. The summed E-state index contributed by atoms with van der Waals surface area (Å²) >= 11 is 0. The molecule has 2 aromatic carbocycles. The first-order valence-corrected chi connectivity index (χ1v) is 8.60. The lowest BCUT2D eigenvalue weighted by molar-refractivity contribution is -0.118. The highest BCUT2D eigenvalue weighted by Crippen LogP contribution is 2.23. The molecule has 1 aliphatic heterocycles. The minimum Gasteiger partial charge on any atom is -0.484 e. The lowest BCUT2D eigenvalue weighted by Gasteiger charge is -2.33. The van der Waals surface area contributed by atoms with Crippen molar-refractivity contribution in [1.82, 2.24) is 0 Å². The Hall–Kier alpha value is -2.53. The molecular formula is C20H24N2O3. The van der Waals surface area contributed by atoms with Crippen LogP contribution in [0.3, 0.4) is 0 Å². The van der Waals surface area contributed by atoms with E-state index >= 15 is 0 Å². The van der Waals surface area contributed by atoms with Crippen LogP contribution >= 0.6 is 0 Å². The van der Waals surface area contributed by atoms with Gasteiger partial charge in [-0.3, -0.25) is 4.79 Å². The van der Waals surface area contributed by atoms with Gasteiger partial charge in [-0.05, 0) is 49.2 Å². The van der Waals surface area contributed by atoms with Crippen molar-refractivity contribution in [2.24, 2.45) is 0 Å². The van der Waals surface area contributed by atoms with Crippen LogP contribution in [0.2, 0.25) is 0 Å². The van der Waals surface area contributed by atoms with Crippen molar-refractivity contribution < 1.29 is 14.3 Å². The average molecular weight is 340 g/mol. The van der Waals surface area contributed by atoms with Crippen LogP contribution in [0.15, 0.2) is 54.6 Å². The van der Waals surface area contributed by atoms with Gasteiger partial charge in [-0.15, -0.1) is 0 Å². The van der Waals surface area contributed by atoms with Crippen molar-refractivity contribution in [3.8, 4) is 5.75 Å². The third-order valence-electron chi connectivity index (χ3n) is 4.40. The summed E-state index contributed by atoms with van der Waals surface area (Å²) in [6.07, 6.45) is 2.47. The quantitative estimate of drug-likeness (QED) is 0.876. The summed E-state index contributed by atoms with van der Waals surface area (Å²) in [5.41, 5.74) is 1.95. The van der Waals surface area contributed by atoms with E-state index in [1.807, 2.05) is 54.6 Å². The van der Waals surface area contributed by atoms with Crippen LogP contribution in [0.4, 0.5) is 11.4 Å². The highest BCUT2D eigenvalue weighted by molar-refractivity contribution is 5.92. The maximum absolute atomic E-state index is 12.0. The van der Waals surface area contributed by atoms with Crippen LogP contribution in [0, 0.1) is 0 Å². The number of carbonyl (C=O) groups is 1. The lowest BCUT2D eigenvalue weighted by atomic mass is 10.1. The zero-order chi connectivity index (χ0) is 17.5. The standard InChI is InChI=1S/C20H24N2O3/c1-24-18-11-13-22(14-12-18)17-9-7-16(8-10-17)21-20(23)15-25-19-5-3-2-4-6-19/h2-10,18H,11-15H2,1H3,(H,21,23). The molecule has 1 amide bonds. The molecule has 1 fully saturated rings. The third-order valence-corrected chi connectivity index (χ3v) is 4.40. The zero-order valence-electron chi connectivity index (χ0n) is 14.5. The number of benzene rings is 2. The molecule has 0 unspecified atom stereocenters. The van der Waals surface area contributed by atoms with Crippen LogP contribution < -0.4 is 15.0 Å². The van der Waals surface area contributed by atoms with Crippen LogP contribution in [0.25, 0.3) is 0 Å². The largest absolute Gasteiger partial charge is 0.484 e. The number of nitrogens with zero attached hydrogens (tertiary/aromatic N) is 1. The molecule has 1 aliphatic rings. The third kappa shape index (κ3) is 4.97. The van der Waals surface area contributed by atoms with Gasteiger partial charge in [-0.25, -0.2) is 0 Å². The molecule has 1 saturated heterocycles. The summed E-state index contributed by atoms with van der Waals surface area (Å²) in [4.78, 5) is 14.3. The molecule has 132 valence electrons. The topological polar surface area (TPSA) is 50.8 Å². The molecule has 0 aliphatic carbocycles. The van der Waals surface area contributed by atoms with Crippen molar-refractivity contribution in [2.75, 3.05) is 37.0 Å². The Morgan fingerprint density at radius 2 is 1.76 bits per heavy atom. The molecule has 0 aromatic heterocycles. The smallest absolute Gasteiger partial charge is 0.262 e. The molecule has 5 nitrogen and oxygen atoms in total. The maximum Gasteiger partial charge on any atom is 0.262 e. The Morgan fingerprint density at radius 3 is 2.40 bits per heavy atom. The molecule has 0 spiro atoms. The van der Waals surface area contributed by atoms with E-state index in [9.17, 15) is 4.79 Å². The van der Waals surface area contributed by atoms with Crippen molar-refractivity contribution in [3.63, 3.8) is 0 Å². The number of amides is 1. The number of hydrogen-bond donors (Lipinski definition) is 1. The highest BCUT2D eigenvalue weighted by Gasteiger charge is 2.18. The molecule has 0 saturated carbocycles. The molecule has 3 rings (SSSR count). The van der Waals surface area contributed by atoms with Crippen LogP contribution in [-0.2, 0) is 9.53 Å². The van der Waals surface area contributed by atoms with E-state index in [4.69, 9.17) is 9.47 Å². The molecule has 0 radical (unpaired) electrons. The molecule has 25 heavy (non-hydrogen) atoms. The Bertz CT molecular complexity index is 665. The summed E-state index contributed by atoms with van der Waals surface area (Å²) in [7, 11) is 1.78. The summed E-state index contributed by atoms with van der Waals surface area (Å²) in [5, 5.41) is 2.86. The SMILES string of the molecule is COC1CCN(c2ccc(NC(=O)COc3ccccc3)cc2)CC1. The molecular weight excluding hydrogens is 316 g/mol. The first-order valence-electron chi connectivity index (χ1n) is 8.60. The number of piperidine rings is 1. The lowest BCUT2D eigenvalue weighted by Crippen LogP contribution is -2.36. The van der Waals surface area contributed by atoms with E-state index in [1.165, 1.54) is 5.69 Å². The molecule has 2 aromatic rings. The van der Waals surface area contributed by atoms with E-state index < -0.39 is 0 Å². The summed E-state index contributed by atoms with van der Waals surface area (Å²) in [6, 6.07) is 17.3. The number of ether oxygens (including phenoxy) is 2. The number of anilines is 2. The minimum atomic E-state index is -0.169. The number of carbonyl (C=O) groups excluding carboxylic acids is 1.